The van der Waals surface area contributed by atoms with Crippen molar-refractivity contribution in [2.24, 2.45) is 11.7 Å². The summed E-state index contributed by atoms with van der Waals surface area (Å²) in [5.74, 6) is -1.44. The number of aliphatic hydroxyl groups excluding tert-OH is 1. The lowest BCUT2D eigenvalue weighted by atomic mass is 9.84. The first-order valence-electron chi connectivity index (χ1n) is 16.9. The van der Waals surface area contributed by atoms with Crippen LogP contribution in [0, 0.1) is 5.92 Å². The summed E-state index contributed by atoms with van der Waals surface area (Å²) in [5, 5.41) is 11.7. The van der Waals surface area contributed by atoms with Gasteiger partial charge >= 0.3 is 5.97 Å². The molecule has 2 fully saturated rings. The molecule has 0 spiro atoms. The molecule has 3 N–H and O–H groups in total. The fourth-order valence-electron chi connectivity index (χ4n) is 6.42. The predicted octanol–water partition coefficient (Wildman–Crippen LogP) is 4.19. The lowest BCUT2D eigenvalue weighted by molar-refractivity contribution is -0.162. The van der Waals surface area contributed by atoms with Crippen molar-refractivity contribution < 1.29 is 43.2 Å². The van der Waals surface area contributed by atoms with Crippen LogP contribution in [0.3, 0.4) is 0 Å². The van der Waals surface area contributed by atoms with Gasteiger partial charge in [0.2, 0.25) is 11.8 Å². The lowest BCUT2D eigenvalue weighted by Gasteiger charge is -2.32. The number of thiol groups is 1. The van der Waals surface area contributed by atoms with Gasteiger partial charge in [-0.2, -0.15) is 12.6 Å². The van der Waals surface area contributed by atoms with E-state index < -0.39 is 59.6 Å². The summed E-state index contributed by atoms with van der Waals surface area (Å²) in [4.78, 5) is 43.2. The lowest BCUT2D eigenvalue weighted by Crippen LogP contribution is -2.52. The third-order valence-corrected chi connectivity index (χ3v) is 10.7. The molecular formula is C36H52ClN3O9S. The van der Waals surface area contributed by atoms with Gasteiger partial charge in [-0.25, -0.2) is 4.79 Å². The highest BCUT2D eigenvalue weighted by Gasteiger charge is 2.63. The molecule has 0 aliphatic carbocycles. The van der Waals surface area contributed by atoms with Gasteiger partial charge in [-0.05, 0) is 56.6 Å². The van der Waals surface area contributed by atoms with Gasteiger partial charge < -0.3 is 44.3 Å². The molecule has 12 nitrogen and oxygen atoms in total. The van der Waals surface area contributed by atoms with Crippen LogP contribution >= 0.6 is 24.2 Å². The molecule has 3 heterocycles. The van der Waals surface area contributed by atoms with Crippen LogP contribution in [0.15, 0.2) is 35.9 Å². The van der Waals surface area contributed by atoms with E-state index in [4.69, 9.17) is 41.0 Å². The van der Waals surface area contributed by atoms with E-state index in [-0.39, 0.29) is 42.2 Å². The van der Waals surface area contributed by atoms with Crippen LogP contribution in [-0.2, 0) is 39.8 Å². The highest BCUT2D eigenvalue weighted by Crippen LogP contribution is 2.48. The largest absolute Gasteiger partial charge is 0.495 e. The fraction of sp³-hybridized carbons (Fsp3) is 0.639. The molecule has 0 radical (unpaired) electrons. The van der Waals surface area contributed by atoms with E-state index in [1.54, 1.807) is 33.9 Å². The molecule has 50 heavy (non-hydrogen) atoms. The van der Waals surface area contributed by atoms with Gasteiger partial charge in [-0.1, -0.05) is 49.2 Å². The van der Waals surface area contributed by atoms with Gasteiger partial charge in [0, 0.05) is 32.9 Å². The van der Waals surface area contributed by atoms with E-state index in [9.17, 15) is 19.5 Å². The Morgan fingerprint density at radius 3 is 2.66 bits per heavy atom. The predicted molar refractivity (Wildman–Crippen MR) is 193 cm³/mol. The highest BCUT2D eigenvalue weighted by atomic mass is 35.5. The molecule has 0 aromatic heterocycles. The molecule has 3 aliphatic heterocycles. The summed E-state index contributed by atoms with van der Waals surface area (Å²) in [7, 11) is 4.64. The molecule has 1 aromatic rings. The number of nitrogens with two attached hydrogens (primary N) is 1. The number of rotatable bonds is 7. The molecule has 2 amide bonds. The van der Waals surface area contributed by atoms with Gasteiger partial charge in [0.15, 0.2) is 5.72 Å². The van der Waals surface area contributed by atoms with E-state index in [0.717, 1.165) is 11.1 Å². The number of ether oxygens (including phenoxy) is 5. The van der Waals surface area contributed by atoms with Crippen molar-refractivity contribution in [2.75, 3.05) is 32.9 Å². The third-order valence-electron chi connectivity index (χ3n) is 10.1. The van der Waals surface area contributed by atoms with Gasteiger partial charge in [0.05, 0.1) is 31.4 Å². The number of epoxide rings is 1. The molecule has 1 aromatic carbocycles. The van der Waals surface area contributed by atoms with Crippen molar-refractivity contribution in [2.45, 2.75) is 114 Å². The molecule has 2 bridgehead atoms. The summed E-state index contributed by atoms with van der Waals surface area (Å²) in [6.07, 6.45) is 3.31. The first-order chi connectivity index (χ1) is 23.4. The molecule has 9 atom stereocenters. The van der Waals surface area contributed by atoms with Crippen LogP contribution in [0.25, 0.3) is 0 Å². The number of anilines is 1. The topological polar surface area (TPSA) is 153 Å². The van der Waals surface area contributed by atoms with Crippen LogP contribution in [0.2, 0.25) is 5.02 Å². The first-order valence-corrected chi connectivity index (χ1v) is 17.8. The number of carbonyl (C=O) groups is 3. The molecule has 4 rings (SSSR count). The van der Waals surface area contributed by atoms with Crippen molar-refractivity contribution in [3.05, 3.63) is 46.5 Å². The van der Waals surface area contributed by atoms with Crippen LogP contribution in [0.1, 0.15) is 65.9 Å². The van der Waals surface area contributed by atoms with Gasteiger partial charge in [0.1, 0.15) is 41.4 Å². The molecule has 278 valence electrons. The van der Waals surface area contributed by atoms with E-state index in [0.29, 0.717) is 24.3 Å². The summed E-state index contributed by atoms with van der Waals surface area (Å²) >= 11 is 11.1. The summed E-state index contributed by atoms with van der Waals surface area (Å²) in [6.45, 7) is 8.95. The summed E-state index contributed by atoms with van der Waals surface area (Å²) in [6, 6.07) is 2.70. The van der Waals surface area contributed by atoms with Crippen molar-refractivity contribution in [1.82, 2.24) is 4.90 Å². The van der Waals surface area contributed by atoms with Gasteiger partial charge in [-0.15, -0.1) is 0 Å². The van der Waals surface area contributed by atoms with Crippen LogP contribution in [0.4, 0.5) is 5.69 Å². The fourth-order valence-corrected chi connectivity index (χ4v) is 6.87. The second kappa shape index (κ2) is 16.4. The monoisotopic (exact) mass is 737 g/mol. The first kappa shape index (κ1) is 40.1. The number of amides is 2. The van der Waals surface area contributed by atoms with Crippen LogP contribution in [0.5, 0.6) is 5.75 Å². The van der Waals surface area contributed by atoms with Gasteiger partial charge in [0.25, 0.3) is 0 Å². The van der Waals surface area contributed by atoms with Crippen molar-refractivity contribution in [1.29, 1.82) is 0 Å². The zero-order valence-electron chi connectivity index (χ0n) is 30.2. The Hall–Kier alpha value is -2.65. The smallest absolute Gasteiger partial charge is 0.328 e. The quantitative estimate of drug-likeness (QED) is 0.211. The number of hydrogen-bond donors (Lipinski definition) is 3. The van der Waals surface area contributed by atoms with E-state index in [2.05, 4.69) is 12.6 Å². The molecule has 7 unspecified atom stereocenters. The standard InChI is InChI=1S/C36H52ClN3O9S/c1-20-10-9-11-28-36(38,47-19-46-28)18-26(41)22(3)33-35(5,49-33)29(48-34(44)23(4)39(6)30(42)13-12-21(2)50)17-31(43)40(7)25-15-24(14-20)16-27(45-8)32(25)37/h9-11,15-16,21-23,26,28-29,33,41,50H,12-14,17-19,38H2,1-8H3/b11-9+,20-10+/t21-,22?,23-,26?,28?,29?,33?,35?,36?/m0/s1. The number of fused-ring (bicyclic) bond motifs is 4. The number of esters is 1. The Balaban J connectivity index is 1.70. The van der Waals surface area contributed by atoms with Gasteiger partial charge in [-0.3, -0.25) is 9.59 Å². The number of nitrogens with zero attached hydrogens (tertiary/aromatic N) is 2. The highest BCUT2D eigenvalue weighted by molar-refractivity contribution is 7.80. The van der Waals surface area contributed by atoms with Crippen molar-refractivity contribution in [3.63, 3.8) is 0 Å². The van der Waals surface area contributed by atoms with E-state index >= 15 is 0 Å². The minimum atomic E-state index is -1.31. The molecular weight excluding hydrogens is 686 g/mol. The van der Waals surface area contributed by atoms with Crippen molar-refractivity contribution >= 4 is 47.7 Å². The number of aliphatic hydroxyl groups is 1. The number of carbonyl (C=O) groups excluding carboxylic acids is 3. The molecule has 0 saturated carbocycles. The second-order valence-electron chi connectivity index (χ2n) is 14.0. The Morgan fingerprint density at radius 1 is 1.30 bits per heavy atom. The number of halogens is 1. The minimum absolute atomic E-state index is 0.0226. The maximum absolute atomic E-state index is 14.0. The summed E-state index contributed by atoms with van der Waals surface area (Å²) in [5.41, 5.74) is 6.45. The number of methoxy groups -OCH3 is 1. The zero-order valence-corrected chi connectivity index (χ0v) is 31.8. The number of allylic oxidation sites excluding steroid dienone is 3. The normalized spacial score (nSPS) is 33.3. The van der Waals surface area contributed by atoms with Crippen LogP contribution < -0.4 is 15.4 Å². The average Bonchev–Trinajstić information content (AvgIpc) is 3.64. The number of benzene rings is 1. The maximum Gasteiger partial charge on any atom is 0.328 e. The maximum atomic E-state index is 14.0. The third kappa shape index (κ3) is 9.04. The SMILES string of the molecule is COc1cc2cc(c1Cl)N(C)C(=O)CC(OC(=O)[C@H](C)N(C)C(=O)CC[C@H](C)S)C1(C)OC1C(C)C(O)CC1(N)OCOC1/C=C/C=C(\C)C2. The Bertz CT molecular complexity index is 1490. The molecule has 3 aliphatic rings. The summed E-state index contributed by atoms with van der Waals surface area (Å²) < 4.78 is 29.4. The Kier molecular flexibility index (Phi) is 13.1. The van der Waals surface area contributed by atoms with E-state index in [1.165, 1.54) is 24.0 Å². The molecule has 14 heteroatoms. The van der Waals surface area contributed by atoms with Crippen LogP contribution in [-0.4, -0.2) is 103 Å². The van der Waals surface area contributed by atoms with E-state index in [1.807, 2.05) is 38.1 Å². The second-order valence-corrected chi connectivity index (χ2v) is 15.3. The average molecular weight is 738 g/mol. The Labute approximate surface area is 305 Å². The van der Waals surface area contributed by atoms with Crippen molar-refractivity contribution in [3.8, 4) is 5.75 Å². The Morgan fingerprint density at radius 2 is 2.00 bits per heavy atom. The molecule has 2 saturated heterocycles. The number of likely N-dealkylation sites (N-methyl/N-ethyl adjacent to an activating group) is 1. The zero-order chi connectivity index (χ0) is 37.1. The minimum Gasteiger partial charge on any atom is -0.495 e. The number of hydrogen-bond acceptors (Lipinski definition) is 11.